The van der Waals surface area contributed by atoms with Crippen LogP contribution in [0, 0.1) is 18.3 Å². The van der Waals surface area contributed by atoms with Crippen LogP contribution >= 0.6 is 15.9 Å². The summed E-state index contributed by atoms with van der Waals surface area (Å²) in [6, 6.07) is 11.5. The van der Waals surface area contributed by atoms with Crippen molar-refractivity contribution in [1.29, 1.82) is 5.26 Å². The molecule has 0 unspecified atom stereocenters. The lowest BCUT2D eigenvalue weighted by Gasteiger charge is -2.26. The molecule has 1 aromatic carbocycles. The zero-order valence-corrected chi connectivity index (χ0v) is 15.4. The van der Waals surface area contributed by atoms with Crippen molar-refractivity contribution < 1.29 is 13.9 Å². The van der Waals surface area contributed by atoms with Crippen LogP contribution in [0.1, 0.15) is 11.3 Å². The van der Waals surface area contributed by atoms with E-state index in [1.165, 1.54) is 6.08 Å². The second kappa shape index (κ2) is 7.68. The number of rotatable bonds is 3. The van der Waals surface area contributed by atoms with Crippen molar-refractivity contribution >= 4 is 27.9 Å². The fourth-order valence-electron chi connectivity index (χ4n) is 2.62. The van der Waals surface area contributed by atoms with Crippen molar-refractivity contribution in [2.24, 2.45) is 0 Å². The Morgan fingerprint density at radius 3 is 2.72 bits per heavy atom. The molecule has 0 bridgehead atoms. The Labute approximate surface area is 154 Å². The number of halogens is 1. The summed E-state index contributed by atoms with van der Waals surface area (Å²) in [5.41, 5.74) is 2.12. The first kappa shape index (κ1) is 17.5. The predicted octanol–water partition coefficient (Wildman–Crippen LogP) is 3.78. The molecule has 25 heavy (non-hydrogen) atoms. The Kier molecular flexibility index (Phi) is 5.37. The standard InChI is InChI=1S/C19H17BrN2O3/c1-13-2-4-16(17(20)10-13)18-5-3-15(25-18)11-14(12-21)19(23)22-6-8-24-9-7-22/h2-5,10-11H,6-9H2,1H3. The number of furan rings is 1. The van der Waals surface area contributed by atoms with Crippen LogP contribution in [0.5, 0.6) is 0 Å². The van der Waals surface area contributed by atoms with Crippen molar-refractivity contribution in [3.05, 3.63) is 51.7 Å². The highest BCUT2D eigenvalue weighted by molar-refractivity contribution is 9.10. The SMILES string of the molecule is Cc1ccc(-c2ccc(C=C(C#N)C(=O)N3CCOCC3)o2)c(Br)c1. The van der Waals surface area contributed by atoms with Crippen molar-refractivity contribution in [2.75, 3.05) is 26.3 Å². The molecule has 0 N–H and O–H groups in total. The molecular formula is C19H17BrN2O3. The van der Waals surface area contributed by atoms with Gasteiger partial charge >= 0.3 is 0 Å². The van der Waals surface area contributed by atoms with Gasteiger partial charge in [-0.25, -0.2) is 0 Å². The maximum atomic E-state index is 12.4. The molecule has 0 radical (unpaired) electrons. The topological polar surface area (TPSA) is 66.5 Å². The van der Waals surface area contributed by atoms with Crippen LogP contribution in [-0.2, 0) is 9.53 Å². The monoisotopic (exact) mass is 400 g/mol. The third-order valence-corrected chi connectivity index (χ3v) is 4.61. The molecule has 5 nitrogen and oxygen atoms in total. The molecule has 0 spiro atoms. The van der Waals surface area contributed by atoms with E-state index in [2.05, 4.69) is 15.9 Å². The van der Waals surface area contributed by atoms with Crippen LogP contribution in [0.25, 0.3) is 17.4 Å². The molecule has 1 aromatic heterocycles. The number of aryl methyl sites for hydroxylation is 1. The first-order chi connectivity index (χ1) is 12.1. The number of carbonyl (C=O) groups is 1. The van der Waals surface area contributed by atoms with Crippen LogP contribution in [0.4, 0.5) is 0 Å². The van der Waals surface area contributed by atoms with Crippen LogP contribution in [0.2, 0.25) is 0 Å². The number of ether oxygens (including phenoxy) is 1. The van der Waals surface area contributed by atoms with E-state index in [1.807, 2.05) is 37.3 Å². The molecule has 3 rings (SSSR count). The molecule has 128 valence electrons. The average Bonchev–Trinajstić information content (AvgIpc) is 3.08. The number of nitriles is 1. The molecular weight excluding hydrogens is 384 g/mol. The summed E-state index contributed by atoms with van der Waals surface area (Å²) >= 11 is 3.53. The van der Waals surface area contributed by atoms with Gasteiger partial charge in [0, 0.05) is 29.2 Å². The minimum Gasteiger partial charge on any atom is -0.457 e. The second-order valence-corrected chi connectivity index (χ2v) is 6.61. The lowest BCUT2D eigenvalue weighted by Crippen LogP contribution is -2.41. The summed E-state index contributed by atoms with van der Waals surface area (Å²) in [5, 5.41) is 9.34. The molecule has 0 atom stereocenters. The van der Waals surface area contributed by atoms with Gasteiger partial charge < -0.3 is 14.1 Å². The zero-order valence-electron chi connectivity index (χ0n) is 13.8. The summed E-state index contributed by atoms with van der Waals surface area (Å²) in [7, 11) is 0. The molecule has 1 fully saturated rings. The normalized spacial score (nSPS) is 15.1. The first-order valence-electron chi connectivity index (χ1n) is 7.93. The van der Waals surface area contributed by atoms with Gasteiger partial charge in [-0.2, -0.15) is 5.26 Å². The van der Waals surface area contributed by atoms with E-state index in [4.69, 9.17) is 9.15 Å². The molecule has 2 heterocycles. The van der Waals surface area contributed by atoms with E-state index in [1.54, 1.807) is 11.0 Å². The van der Waals surface area contributed by atoms with Crippen LogP contribution < -0.4 is 0 Å². The Morgan fingerprint density at radius 2 is 2.04 bits per heavy atom. The van der Waals surface area contributed by atoms with Gasteiger partial charge in [-0.05, 0) is 36.8 Å². The van der Waals surface area contributed by atoms with Crippen molar-refractivity contribution in [3.8, 4) is 17.4 Å². The lowest BCUT2D eigenvalue weighted by atomic mass is 10.1. The fraction of sp³-hybridized carbons (Fsp3) is 0.263. The third kappa shape index (κ3) is 4.01. The van der Waals surface area contributed by atoms with Crippen molar-refractivity contribution in [1.82, 2.24) is 4.90 Å². The number of carbonyl (C=O) groups excluding carboxylic acids is 1. The van der Waals surface area contributed by atoms with Gasteiger partial charge in [-0.15, -0.1) is 0 Å². The molecule has 0 saturated carbocycles. The summed E-state index contributed by atoms with van der Waals surface area (Å²) < 4.78 is 12.0. The number of benzene rings is 1. The molecule has 1 saturated heterocycles. The lowest BCUT2D eigenvalue weighted by molar-refractivity contribution is -0.130. The van der Waals surface area contributed by atoms with Gasteiger partial charge in [0.2, 0.25) is 0 Å². The molecule has 2 aromatic rings. The molecule has 6 heteroatoms. The smallest absolute Gasteiger partial charge is 0.264 e. The average molecular weight is 401 g/mol. The van der Waals surface area contributed by atoms with Gasteiger partial charge in [-0.3, -0.25) is 4.79 Å². The molecule has 0 aliphatic carbocycles. The van der Waals surface area contributed by atoms with E-state index in [9.17, 15) is 10.1 Å². The highest BCUT2D eigenvalue weighted by atomic mass is 79.9. The Morgan fingerprint density at radius 1 is 1.28 bits per heavy atom. The third-order valence-electron chi connectivity index (χ3n) is 3.95. The Hall–Kier alpha value is -2.36. The number of hydrogen-bond acceptors (Lipinski definition) is 4. The van der Waals surface area contributed by atoms with Crippen LogP contribution in [-0.4, -0.2) is 37.1 Å². The Balaban J connectivity index is 1.84. The van der Waals surface area contributed by atoms with E-state index in [-0.39, 0.29) is 11.5 Å². The number of amides is 1. The summed E-state index contributed by atoms with van der Waals surface area (Å²) in [4.78, 5) is 14.1. The summed E-state index contributed by atoms with van der Waals surface area (Å²) in [6.07, 6.45) is 1.49. The van der Waals surface area contributed by atoms with Crippen molar-refractivity contribution in [3.63, 3.8) is 0 Å². The van der Waals surface area contributed by atoms with Gasteiger partial charge in [-0.1, -0.05) is 22.0 Å². The minimum atomic E-state index is -0.291. The molecule has 1 aliphatic rings. The van der Waals surface area contributed by atoms with Gasteiger partial charge in [0.05, 0.1) is 13.2 Å². The van der Waals surface area contributed by atoms with Crippen molar-refractivity contribution in [2.45, 2.75) is 6.92 Å². The number of morpholine rings is 1. The number of nitrogens with zero attached hydrogens (tertiary/aromatic N) is 2. The van der Waals surface area contributed by atoms with Gasteiger partial charge in [0.1, 0.15) is 23.2 Å². The second-order valence-electron chi connectivity index (χ2n) is 5.76. The quantitative estimate of drug-likeness (QED) is 0.580. The van der Waals surface area contributed by atoms with Gasteiger partial charge in [0.15, 0.2) is 0 Å². The maximum Gasteiger partial charge on any atom is 0.264 e. The van der Waals surface area contributed by atoms with E-state index in [0.717, 1.165) is 15.6 Å². The highest BCUT2D eigenvalue weighted by Crippen LogP contribution is 2.31. The largest absolute Gasteiger partial charge is 0.457 e. The number of hydrogen-bond donors (Lipinski definition) is 0. The first-order valence-corrected chi connectivity index (χ1v) is 8.73. The predicted molar refractivity (Wildman–Crippen MR) is 97.6 cm³/mol. The fourth-order valence-corrected chi connectivity index (χ4v) is 3.30. The van der Waals surface area contributed by atoms with Crippen LogP contribution in [0.15, 0.2) is 44.8 Å². The zero-order chi connectivity index (χ0) is 17.8. The highest BCUT2D eigenvalue weighted by Gasteiger charge is 2.21. The maximum absolute atomic E-state index is 12.4. The Bertz CT molecular complexity index is 858. The van der Waals surface area contributed by atoms with E-state index >= 15 is 0 Å². The minimum absolute atomic E-state index is 0.0609. The molecule has 1 amide bonds. The summed E-state index contributed by atoms with van der Waals surface area (Å²) in [5.74, 6) is 0.857. The van der Waals surface area contributed by atoms with E-state index < -0.39 is 0 Å². The summed E-state index contributed by atoms with van der Waals surface area (Å²) in [6.45, 7) is 4.00. The molecule has 1 aliphatic heterocycles. The van der Waals surface area contributed by atoms with Gasteiger partial charge in [0.25, 0.3) is 5.91 Å². The van der Waals surface area contributed by atoms with E-state index in [0.29, 0.717) is 37.8 Å². The van der Waals surface area contributed by atoms with Crippen LogP contribution in [0.3, 0.4) is 0 Å².